The monoisotopic (exact) mass is 1880 g/mol. The van der Waals surface area contributed by atoms with E-state index in [1.165, 1.54) is 58.2 Å². The molecule has 25 heteroatoms. The number of carbonyl (C=O) groups is 6. The summed E-state index contributed by atoms with van der Waals surface area (Å²) in [5.41, 5.74) is 8.12. The molecule has 19 nitrogen and oxygen atoms in total. The van der Waals surface area contributed by atoms with E-state index in [2.05, 4.69) is 119 Å². The maximum atomic E-state index is 12.1. The average molecular weight is 1890 g/mol. The van der Waals surface area contributed by atoms with Crippen molar-refractivity contribution in [2.75, 3.05) is 31.7 Å². The normalized spacial score (nSPS) is 12.3. The molecule has 3 N–H and O–H groups in total. The van der Waals surface area contributed by atoms with E-state index in [0.717, 1.165) is 70.5 Å². The van der Waals surface area contributed by atoms with Crippen LogP contribution >= 0.6 is 70.6 Å². The largest absolute Gasteiger partial charge is 0.466 e. The molecule has 3 heterocycles. The second-order valence-corrected chi connectivity index (χ2v) is 35.8. The minimum absolute atomic E-state index is 0.00479. The predicted molar refractivity (Wildman–Crippen MR) is 534 cm³/mol. The molecule has 15 rings (SSSR count). The number of hydrogen-bond acceptors (Lipinski definition) is 20. The summed E-state index contributed by atoms with van der Waals surface area (Å²) < 4.78 is 19.9. The lowest BCUT2D eigenvalue weighted by Crippen LogP contribution is -2.22. The average Bonchev–Trinajstić information content (AvgIpc) is 1.76. The molecule has 0 radical (unpaired) electrons. The molecular formula is C108H101N5O14S6. The number of aldehydes is 1. The number of hydrogen-bond donors (Lipinski definition) is 3. The fourth-order valence-electron chi connectivity index (χ4n) is 13.2. The molecule has 2 aromatic heterocycles. The first-order chi connectivity index (χ1) is 64.8. The molecule has 0 bridgehead atoms. The molecular weight excluding hydrogens is 1780 g/mol. The second kappa shape index (κ2) is 56.2. The van der Waals surface area contributed by atoms with Crippen LogP contribution < -0.4 is 5.32 Å². The predicted octanol–water partition coefficient (Wildman–Crippen LogP) is 27.6. The molecule has 0 saturated heterocycles. The van der Waals surface area contributed by atoms with Gasteiger partial charge in [0.25, 0.3) is 5.69 Å². The number of H-pyrrole nitrogens is 2. The summed E-state index contributed by atoms with van der Waals surface area (Å²) >= 11 is 10.1. The van der Waals surface area contributed by atoms with Gasteiger partial charge in [-0.3, -0.25) is 44.2 Å². The Kier molecular flexibility index (Phi) is 42.8. The van der Waals surface area contributed by atoms with Gasteiger partial charge in [-0.15, -0.1) is 6.58 Å². The number of carbonyl (C=O) groups excluding carboxylic acids is 6. The number of fused-ring (bicyclic) bond motifs is 1. The summed E-state index contributed by atoms with van der Waals surface area (Å²) in [7, 11) is 0. The van der Waals surface area contributed by atoms with E-state index in [9.17, 15) is 49.0 Å². The molecule has 1 aliphatic rings. The van der Waals surface area contributed by atoms with Crippen molar-refractivity contribution in [1.82, 2.24) is 9.97 Å². The molecule has 0 aliphatic carbocycles. The fraction of sp³-hybridized carbons (Fsp3) is 0.148. The van der Waals surface area contributed by atoms with Gasteiger partial charge in [0.15, 0.2) is 0 Å². The van der Waals surface area contributed by atoms with Crippen molar-refractivity contribution >= 4 is 124 Å². The van der Waals surface area contributed by atoms with Gasteiger partial charge in [-0.1, -0.05) is 259 Å². The van der Waals surface area contributed by atoms with E-state index < -0.39 is 15.8 Å². The number of nitro groups is 2. The van der Waals surface area contributed by atoms with Crippen LogP contribution in [0.15, 0.2) is 442 Å². The van der Waals surface area contributed by atoms with Crippen molar-refractivity contribution < 1.29 is 57.6 Å². The zero-order chi connectivity index (χ0) is 94.2. The van der Waals surface area contributed by atoms with E-state index in [1.807, 2.05) is 250 Å². The van der Waals surface area contributed by atoms with E-state index in [4.69, 9.17) is 18.9 Å². The van der Waals surface area contributed by atoms with E-state index >= 15 is 0 Å². The maximum Gasteiger partial charge on any atom is 0.330 e. The van der Waals surface area contributed by atoms with E-state index in [-0.39, 0.29) is 79.3 Å². The Morgan fingerprint density at radius 3 is 1.12 bits per heavy atom. The first-order valence-corrected chi connectivity index (χ1v) is 47.7. The molecule has 14 aromatic rings. The van der Waals surface area contributed by atoms with Crippen LogP contribution in [0, 0.1) is 20.2 Å². The molecule has 4 atom stereocenters. The highest BCUT2D eigenvalue weighted by Gasteiger charge is 2.29. The number of ether oxygens (including phenoxy) is 4. The molecule has 0 fully saturated rings. The SMILES string of the molecule is C=CC(CC(=O)OCC)c1ccc(Sc2ccccc2)cc1.CCOC(=O)/C=C/c1ccc(Sc2ccccc2)cc1.CCOC(=O)CC(/C=C/[N+](=O)[O-])c1ccc(Sc2ccccc2)cc1.CCOC(=O)CC(c1ccc(Sc2ccccc2)cc1)c1c[nH]cc1[N+](=O)[O-].O=C1CC(c2ccc(Sc3ccccc3)cc2)c2c[nH]cc2N1.O=Cc1ccc(Sc2ccccc2)cc1. The number of esters is 4. The van der Waals surface area contributed by atoms with Crippen molar-refractivity contribution in [2.45, 2.75) is 136 Å². The third-order valence-electron chi connectivity index (χ3n) is 19.6. The van der Waals surface area contributed by atoms with Gasteiger partial charge in [-0.25, -0.2) is 4.79 Å². The molecule has 12 aromatic carbocycles. The number of aromatic nitrogens is 2. The Bertz CT molecular complexity index is 6010. The van der Waals surface area contributed by atoms with E-state index in [0.29, 0.717) is 37.2 Å². The summed E-state index contributed by atoms with van der Waals surface area (Å²) in [6.45, 7) is 12.3. The van der Waals surface area contributed by atoms with Gasteiger partial charge in [0, 0.05) is 125 Å². The minimum Gasteiger partial charge on any atom is -0.466 e. The first-order valence-electron chi connectivity index (χ1n) is 42.8. The van der Waals surface area contributed by atoms with Gasteiger partial charge < -0.3 is 34.2 Å². The van der Waals surface area contributed by atoms with Gasteiger partial charge in [0.1, 0.15) is 6.29 Å². The number of nitrogens with zero attached hydrogens (tertiary/aromatic N) is 2. The number of rotatable bonds is 34. The Hall–Kier alpha value is -13.7. The number of benzene rings is 12. The zero-order valence-corrected chi connectivity index (χ0v) is 78.6. The number of allylic oxidation sites excluding steroid dienone is 2. The Balaban J connectivity index is 0.000000167. The molecule has 0 saturated carbocycles. The Morgan fingerprint density at radius 1 is 0.414 bits per heavy atom. The quantitative estimate of drug-likeness (QED) is 0.00643. The Labute approximate surface area is 801 Å². The molecule has 1 aliphatic heterocycles. The van der Waals surface area contributed by atoms with E-state index in [1.54, 1.807) is 110 Å². The third-order valence-corrected chi connectivity index (χ3v) is 25.7. The molecule has 4 unspecified atom stereocenters. The maximum absolute atomic E-state index is 12.1. The van der Waals surface area contributed by atoms with Gasteiger partial charge in [-0.05, 0) is 213 Å². The third kappa shape index (κ3) is 35.5. The molecule has 133 heavy (non-hydrogen) atoms. The number of aromatic amines is 2. The fourth-order valence-corrected chi connectivity index (χ4v) is 18.3. The first kappa shape index (κ1) is 101. The van der Waals surface area contributed by atoms with Crippen molar-refractivity contribution in [3.8, 4) is 0 Å². The summed E-state index contributed by atoms with van der Waals surface area (Å²) in [6.07, 6.45) is 15.9. The van der Waals surface area contributed by atoms with Crippen LogP contribution in [0.25, 0.3) is 6.08 Å². The van der Waals surface area contributed by atoms with Crippen LogP contribution in [-0.2, 0) is 42.9 Å². The zero-order valence-electron chi connectivity index (χ0n) is 73.7. The molecule has 0 spiro atoms. The molecule has 678 valence electrons. The number of nitrogens with one attached hydrogen (secondary N) is 3. The highest BCUT2D eigenvalue weighted by molar-refractivity contribution is 8.00. The van der Waals surface area contributed by atoms with Crippen molar-refractivity contribution in [3.05, 3.63) is 448 Å². The van der Waals surface area contributed by atoms with Crippen LogP contribution in [0.2, 0.25) is 0 Å². The van der Waals surface area contributed by atoms with Crippen LogP contribution in [0.3, 0.4) is 0 Å². The number of amides is 1. The summed E-state index contributed by atoms with van der Waals surface area (Å²) in [6, 6.07) is 109. The van der Waals surface area contributed by atoms with Gasteiger partial charge in [0.05, 0.1) is 73.0 Å². The molecule has 1 amide bonds. The summed E-state index contributed by atoms with van der Waals surface area (Å²) in [4.78, 5) is 110. The topological polar surface area (TPSA) is 269 Å². The number of anilines is 1. The Morgan fingerprint density at radius 2 is 0.752 bits per heavy atom. The second-order valence-electron chi connectivity index (χ2n) is 28.9. The minimum atomic E-state index is -0.530. The smallest absolute Gasteiger partial charge is 0.330 e. The van der Waals surface area contributed by atoms with Crippen molar-refractivity contribution in [2.24, 2.45) is 0 Å². The van der Waals surface area contributed by atoms with Crippen molar-refractivity contribution in [3.63, 3.8) is 0 Å². The van der Waals surface area contributed by atoms with Crippen molar-refractivity contribution in [1.29, 1.82) is 0 Å². The van der Waals surface area contributed by atoms with Crippen LogP contribution in [0.1, 0.15) is 126 Å². The lowest BCUT2D eigenvalue weighted by Gasteiger charge is -2.23. The van der Waals surface area contributed by atoms with Crippen LogP contribution in [0.5, 0.6) is 0 Å². The summed E-state index contributed by atoms with van der Waals surface area (Å²) in [5, 5.41) is 24.9. The van der Waals surface area contributed by atoms with Gasteiger partial charge >= 0.3 is 23.9 Å². The van der Waals surface area contributed by atoms with Gasteiger partial charge in [0.2, 0.25) is 12.1 Å². The van der Waals surface area contributed by atoms with Crippen LogP contribution in [0.4, 0.5) is 11.4 Å². The summed E-state index contributed by atoms with van der Waals surface area (Å²) in [5.74, 6) is -1.90. The standard InChI is InChI=1S/C21H20N2O4S.C19H16N2OS.C19H19NO4S.C19H20O2S.C17H16O2S.C13H10OS/c1-2-27-21(24)12-18(19-13-22-14-20(19)23(25)26)15-8-10-17(11-9-15)28-16-6-4-3-5-7-16;22-19-10-16(17-11-20-12-18(17)21-19)13-6-8-15(9-7-13)23-14-4-2-1-3-5-14;1-2-24-19(21)14-16(12-13-20(22)23)15-8-10-18(11-9-15)25-17-6-4-3-5-7-17;1-3-15(14-19(20)21-4-2)16-10-12-18(13-11-16)22-17-8-6-5-7-9-17;1-2-19-17(18)13-10-14-8-11-16(12-9-14)20-15-6-4-3-5-7-15;14-10-11-6-8-13(9-7-11)15-12-4-2-1-3-5-12/h3-11,13-14,18,22H,2,12H2,1H3;1-9,11-12,16,20H,10H2,(H,21,22);3-13,16H,2,14H2,1H3;3,5-13,15H,1,4,14H2,2H3;3-13H,2H2,1H3;1-10H/b;;13-12+;;13-10+;. The lowest BCUT2D eigenvalue weighted by molar-refractivity contribution is -0.402. The lowest BCUT2D eigenvalue weighted by atomic mass is 9.87. The highest BCUT2D eigenvalue weighted by atomic mass is 32.2. The highest BCUT2D eigenvalue weighted by Crippen LogP contribution is 2.41. The van der Waals surface area contributed by atoms with Gasteiger partial charge in [-0.2, -0.15) is 0 Å². The van der Waals surface area contributed by atoms with Crippen LogP contribution in [-0.4, -0.2) is 82.3 Å².